The second kappa shape index (κ2) is 6.67. The number of hydrogen-bond acceptors (Lipinski definition) is 7. The molecule has 11 heteroatoms. The molecule has 0 aliphatic carbocycles. The van der Waals surface area contributed by atoms with Crippen LogP contribution in [-0.2, 0) is 21.2 Å². The number of hydrogen-bond donors (Lipinski definition) is 1. The smallest absolute Gasteiger partial charge is 0.246 e. The first-order valence-electron chi connectivity index (χ1n) is 6.54. The molecule has 8 nitrogen and oxygen atoms in total. The molecule has 0 spiro atoms. The predicted molar refractivity (Wildman–Crippen MR) is 87.7 cm³/mol. The van der Waals surface area contributed by atoms with E-state index in [1.165, 1.54) is 52.0 Å². The highest BCUT2D eigenvalue weighted by molar-refractivity contribution is 7.91. The van der Waals surface area contributed by atoms with E-state index in [2.05, 4.69) is 20.8 Å². The van der Waals surface area contributed by atoms with Gasteiger partial charge in [-0.25, -0.2) is 13.1 Å². The largest absolute Gasteiger partial charge is 0.323 e. The Kier molecular flexibility index (Phi) is 4.60. The van der Waals surface area contributed by atoms with Crippen molar-refractivity contribution in [3.05, 3.63) is 46.4 Å². The number of carbonyl (C=O) groups excluding carboxylic acids is 1. The van der Waals surface area contributed by atoms with Crippen LogP contribution >= 0.6 is 22.9 Å². The monoisotopic (exact) mass is 383 g/mol. The van der Waals surface area contributed by atoms with Crippen LogP contribution in [-0.4, -0.2) is 34.5 Å². The lowest BCUT2D eigenvalue weighted by atomic mass is 10.4. The first-order chi connectivity index (χ1) is 11.5. The van der Waals surface area contributed by atoms with Crippen molar-refractivity contribution in [1.29, 1.82) is 0 Å². The summed E-state index contributed by atoms with van der Waals surface area (Å²) in [5.41, 5.74) is 0.216. The minimum Gasteiger partial charge on any atom is -0.323 e. The molecule has 0 aliphatic heterocycles. The van der Waals surface area contributed by atoms with Crippen molar-refractivity contribution in [3.63, 3.8) is 0 Å². The molecule has 0 saturated heterocycles. The Bertz CT molecular complexity index is 952. The zero-order valence-electron chi connectivity index (χ0n) is 12.0. The molecule has 0 bridgehead atoms. The van der Waals surface area contributed by atoms with Crippen LogP contribution in [0, 0.1) is 0 Å². The van der Waals surface area contributed by atoms with E-state index < -0.39 is 15.7 Å². The summed E-state index contributed by atoms with van der Waals surface area (Å²) in [5, 5.41) is 16.5. The predicted octanol–water partition coefficient (Wildman–Crippen LogP) is 1.86. The van der Waals surface area contributed by atoms with E-state index in [9.17, 15) is 13.2 Å². The van der Waals surface area contributed by atoms with Crippen molar-refractivity contribution in [1.82, 2.24) is 20.2 Å². The van der Waals surface area contributed by atoms with E-state index in [4.69, 9.17) is 11.6 Å². The fourth-order valence-corrected chi connectivity index (χ4v) is 4.58. The second-order valence-electron chi connectivity index (χ2n) is 4.66. The molecule has 1 N–H and O–H groups in total. The zero-order chi connectivity index (χ0) is 17.2. The quantitative estimate of drug-likeness (QED) is 0.720. The van der Waals surface area contributed by atoms with Gasteiger partial charge >= 0.3 is 0 Å². The summed E-state index contributed by atoms with van der Waals surface area (Å²) in [7, 11) is -3.76. The van der Waals surface area contributed by atoms with Gasteiger partial charge in [-0.2, -0.15) is 0 Å². The van der Waals surface area contributed by atoms with Crippen LogP contribution in [0.15, 0.2) is 51.1 Å². The molecule has 0 fully saturated rings. The third-order valence-corrected chi connectivity index (χ3v) is 5.97. The topological polar surface area (TPSA) is 107 Å². The van der Waals surface area contributed by atoms with Crippen LogP contribution in [0.2, 0.25) is 5.02 Å². The third-order valence-electron chi connectivity index (χ3n) is 3.01. The van der Waals surface area contributed by atoms with Gasteiger partial charge in [0.25, 0.3) is 0 Å². The van der Waals surface area contributed by atoms with Crippen molar-refractivity contribution >= 4 is 44.4 Å². The Balaban J connectivity index is 1.84. The van der Waals surface area contributed by atoms with E-state index in [0.29, 0.717) is 5.02 Å². The Morgan fingerprint density at radius 2 is 2.00 bits per heavy atom. The maximum atomic E-state index is 12.7. The van der Waals surface area contributed by atoms with Gasteiger partial charge in [-0.05, 0) is 34.7 Å². The van der Waals surface area contributed by atoms with Crippen LogP contribution < -0.4 is 5.32 Å². The highest BCUT2D eigenvalue weighted by Gasteiger charge is 2.23. The number of anilines is 1. The standard InChI is InChI=1S/C13H10ClN5O3S2/c14-9-1-3-10(4-2-9)24(21,22)12-7-23-6-11(12)16-13(20)5-19-8-15-17-18-19/h1-4,6-8H,5H2,(H,16,20). The average molecular weight is 384 g/mol. The van der Waals surface area contributed by atoms with E-state index >= 15 is 0 Å². The number of carbonyl (C=O) groups is 1. The molecule has 3 rings (SSSR count). The molecule has 2 aromatic heterocycles. The molecule has 0 unspecified atom stereocenters. The second-order valence-corrected chi connectivity index (χ2v) is 7.76. The first kappa shape index (κ1) is 16.6. The molecule has 0 saturated carbocycles. The number of halogens is 1. The Morgan fingerprint density at radius 1 is 1.25 bits per heavy atom. The number of amides is 1. The summed E-state index contributed by atoms with van der Waals surface area (Å²) in [6.45, 7) is -0.122. The van der Waals surface area contributed by atoms with Crippen LogP contribution in [0.25, 0.3) is 0 Å². The van der Waals surface area contributed by atoms with E-state index in [-0.39, 0.29) is 22.0 Å². The number of aromatic nitrogens is 4. The molecule has 0 atom stereocenters. The number of benzene rings is 1. The van der Waals surface area contributed by atoms with E-state index in [0.717, 1.165) is 0 Å². The highest BCUT2D eigenvalue weighted by atomic mass is 35.5. The Morgan fingerprint density at radius 3 is 2.67 bits per heavy atom. The number of tetrazole rings is 1. The molecule has 1 amide bonds. The number of rotatable bonds is 5. The van der Waals surface area contributed by atoms with Gasteiger partial charge in [-0.1, -0.05) is 11.6 Å². The van der Waals surface area contributed by atoms with Crippen LogP contribution in [0.3, 0.4) is 0 Å². The molecular formula is C13H10ClN5O3S2. The lowest BCUT2D eigenvalue weighted by Crippen LogP contribution is -2.20. The number of thiophene rings is 1. The summed E-state index contributed by atoms with van der Waals surface area (Å²) in [5.74, 6) is -0.437. The minimum absolute atomic E-state index is 0.0277. The molecular weight excluding hydrogens is 374 g/mol. The molecule has 24 heavy (non-hydrogen) atoms. The summed E-state index contributed by atoms with van der Waals surface area (Å²) < 4.78 is 26.6. The molecule has 3 aromatic rings. The minimum atomic E-state index is -3.76. The molecule has 0 aliphatic rings. The summed E-state index contributed by atoms with van der Waals surface area (Å²) >= 11 is 6.96. The number of sulfone groups is 1. The zero-order valence-corrected chi connectivity index (χ0v) is 14.3. The normalized spacial score (nSPS) is 11.4. The molecule has 0 radical (unpaired) electrons. The van der Waals surface area contributed by atoms with Gasteiger partial charge in [-0.3, -0.25) is 4.79 Å². The summed E-state index contributed by atoms with van der Waals surface area (Å²) in [6.07, 6.45) is 1.29. The third kappa shape index (κ3) is 3.45. The van der Waals surface area contributed by atoms with Crippen molar-refractivity contribution in [3.8, 4) is 0 Å². The van der Waals surface area contributed by atoms with E-state index in [1.807, 2.05) is 0 Å². The van der Waals surface area contributed by atoms with Crippen molar-refractivity contribution in [2.24, 2.45) is 0 Å². The van der Waals surface area contributed by atoms with Crippen molar-refractivity contribution in [2.45, 2.75) is 16.3 Å². The molecule has 124 valence electrons. The maximum absolute atomic E-state index is 12.7. The van der Waals surface area contributed by atoms with Gasteiger partial charge in [0.2, 0.25) is 15.7 Å². The van der Waals surface area contributed by atoms with Gasteiger partial charge in [0, 0.05) is 15.8 Å². The number of nitrogens with zero attached hydrogens (tertiary/aromatic N) is 4. The summed E-state index contributed by atoms with van der Waals surface area (Å²) in [4.78, 5) is 12.1. The fourth-order valence-electron chi connectivity index (χ4n) is 1.91. The Hall–Kier alpha value is -2.30. The van der Waals surface area contributed by atoms with Crippen LogP contribution in [0.4, 0.5) is 5.69 Å². The summed E-state index contributed by atoms with van der Waals surface area (Å²) in [6, 6.07) is 5.83. The van der Waals surface area contributed by atoms with Crippen LogP contribution in [0.1, 0.15) is 0 Å². The highest BCUT2D eigenvalue weighted by Crippen LogP contribution is 2.31. The number of nitrogens with one attached hydrogen (secondary N) is 1. The van der Waals surface area contributed by atoms with Gasteiger partial charge in [0.05, 0.1) is 10.6 Å². The molecule has 1 aromatic carbocycles. The maximum Gasteiger partial charge on any atom is 0.246 e. The van der Waals surface area contributed by atoms with Crippen molar-refractivity contribution in [2.75, 3.05) is 5.32 Å². The first-order valence-corrected chi connectivity index (χ1v) is 9.34. The van der Waals surface area contributed by atoms with Gasteiger partial charge < -0.3 is 5.32 Å². The van der Waals surface area contributed by atoms with Crippen molar-refractivity contribution < 1.29 is 13.2 Å². The van der Waals surface area contributed by atoms with Gasteiger partial charge in [0.1, 0.15) is 17.8 Å². The van der Waals surface area contributed by atoms with Gasteiger partial charge in [-0.15, -0.1) is 16.4 Å². The average Bonchev–Trinajstić information content (AvgIpc) is 3.19. The lowest BCUT2D eigenvalue weighted by Gasteiger charge is -2.08. The van der Waals surface area contributed by atoms with Crippen LogP contribution in [0.5, 0.6) is 0 Å². The Labute approximate surface area is 146 Å². The SMILES string of the molecule is O=C(Cn1cnnn1)Nc1cscc1S(=O)(=O)c1ccc(Cl)cc1. The lowest BCUT2D eigenvalue weighted by molar-refractivity contribution is -0.116. The fraction of sp³-hybridized carbons (Fsp3) is 0.0769. The van der Waals surface area contributed by atoms with E-state index in [1.54, 1.807) is 5.38 Å². The van der Waals surface area contributed by atoms with Gasteiger partial charge in [0.15, 0.2) is 0 Å². The molecule has 2 heterocycles.